The summed E-state index contributed by atoms with van der Waals surface area (Å²) in [7, 11) is 0. The smallest absolute Gasteiger partial charge is 0.137 e. The maximum absolute atomic E-state index is 6.68. The standard InChI is InChI=1S/C61H39NO/c1-3-20-40(21-4-1)42-24-7-8-27-46(42)58-43(41-22-5-2-6-23-41)30-17-35-53(58)62(55-37-19-39-57-60(55)48-29-12-16-38-56(48)63-57)54-36-18-34-52-59(54)47-28-11-15-33-51(47)61(52)49-31-13-9-25-44(49)45-26-10-14-32-50(45)61/h1-39H. The quantitative estimate of drug-likeness (QED) is 0.167. The molecule has 2 aliphatic rings. The van der Waals surface area contributed by atoms with Crippen molar-refractivity contribution in [2.45, 2.75) is 5.41 Å². The van der Waals surface area contributed by atoms with E-state index in [2.05, 4.69) is 241 Å². The molecule has 1 heterocycles. The summed E-state index contributed by atoms with van der Waals surface area (Å²) in [5, 5.41) is 2.16. The summed E-state index contributed by atoms with van der Waals surface area (Å²) in [5.74, 6) is 0. The molecule has 2 nitrogen and oxygen atoms in total. The average Bonchev–Trinajstić information content (AvgIpc) is 4.00. The van der Waals surface area contributed by atoms with Crippen LogP contribution in [0.1, 0.15) is 22.3 Å². The highest BCUT2D eigenvalue weighted by Crippen LogP contribution is 2.65. The molecule has 0 N–H and O–H groups in total. The zero-order valence-corrected chi connectivity index (χ0v) is 34.4. The first-order valence-electron chi connectivity index (χ1n) is 21.8. The van der Waals surface area contributed by atoms with E-state index in [0.717, 1.165) is 61.3 Å². The molecule has 10 aromatic carbocycles. The first-order chi connectivity index (χ1) is 31.3. The number of benzene rings is 10. The summed E-state index contributed by atoms with van der Waals surface area (Å²) in [6.07, 6.45) is 0. The molecule has 0 radical (unpaired) electrons. The maximum atomic E-state index is 6.68. The Labute approximate surface area is 366 Å². The van der Waals surface area contributed by atoms with E-state index < -0.39 is 5.41 Å². The van der Waals surface area contributed by atoms with Crippen LogP contribution in [-0.2, 0) is 5.41 Å². The van der Waals surface area contributed by atoms with Gasteiger partial charge in [0.05, 0.1) is 27.9 Å². The predicted octanol–water partition coefficient (Wildman–Crippen LogP) is 16.4. The highest BCUT2D eigenvalue weighted by molar-refractivity contribution is 6.16. The molecule has 0 unspecified atom stereocenters. The van der Waals surface area contributed by atoms with Crippen LogP contribution in [-0.4, -0.2) is 0 Å². The van der Waals surface area contributed by atoms with Crippen LogP contribution < -0.4 is 4.90 Å². The topological polar surface area (TPSA) is 16.4 Å². The molecular weight excluding hydrogens is 763 g/mol. The van der Waals surface area contributed by atoms with E-state index in [9.17, 15) is 0 Å². The molecular formula is C61H39NO. The van der Waals surface area contributed by atoms with Gasteiger partial charge < -0.3 is 9.32 Å². The minimum atomic E-state index is -0.496. The minimum absolute atomic E-state index is 0.496. The van der Waals surface area contributed by atoms with E-state index >= 15 is 0 Å². The Bertz CT molecular complexity index is 3540. The fourth-order valence-corrected chi connectivity index (χ4v) is 11.1. The van der Waals surface area contributed by atoms with Crippen LogP contribution in [0.15, 0.2) is 241 Å². The van der Waals surface area contributed by atoms with Gasteiger partial charge in [0, 0.05) is 16.5 Å². The normalized spacial score (nSPS) is 12.9. The zero-order valence-electron chi connectivity index (χ0n) is 34.4. The second-order valence-corrected chi connectivity index (χ2v) is 16.6. The molecule has 1 aromatic heterocycles. The summed E-state index contributed by atoms with van der Waals surface area (Å²) in [6, 6.07) is 86.6. The lowest BCUT2D eigenvalue weighted by molar-refractivity contribution is 0.669. The van der Waals surface area contributed by atoms with Crippen molar-refractivity contribution >= 4 is 39.0 Å². The van der Waals surface area contributed by atoms with E-state index in [1.165, 1.54) is 55.6 Å². The van der Waals surface area contributed by atoms with E-state index in [4.69, 9.17) is 4.42 Å². The first kappa shape index (κ1) is 35.5. The summed E-state index contributed by atoms with van der Waals surface area (Å²) in [4.78, 5) is 2.55. The molecule has 0 saturated heterocycles. The third-order valence-corrected chi connectivity index (χ3v) is 13.5. The number of anilines is 3. The van der Waals surface area contributed by atoms with Gasteiger partial charge in [0.25, 0.3) is 0 Å². The van der Waals surface area contributed by atoms with Crippen molar-refractivity contribution in [2.24, 2.45) is 0 Å². The van der Waals surface area contributed by atoms with Gasteiger partial charge in [-0.3, -0.25) is 0 Å². The Balaban J connectivity index is 1.19. The van der Waals surface area contributed by atoms with E-state index in [1.807, 2.05) is 0 Å². The van der Waals surface area contributed by atoms with Gasteiger partial charge in [0.1, 0.15) is 11.2 Å². The van der Waals surface area contributed by atoms with Gasteiger partial charge >= 0.3 is 0 Å². The van der Waals surface area contributed by atoms with Crippen molar-refractivity contribution in [2.75, 3.05) is 4.90 Å². The van der Waals surface area contributed by atoms with Crippen molar-refractivity contribution in [3.8, 4) is 55.6 Å². The van der Waals surface area contributed by atoms with Gasteiger partial charge in [-0.25, -0.2) is 0 Å². The summed E-state index contributed by atoms with van der Waals surface area (Å²) >= 11 is 0. The van der Waals surface area contributed by atoms with Crippen LogP contribution in [0.2, 0.25) is 0 Å². The van der Waals surface area contributed by atoms with Crippen LogP contribution in [0, 0.1) is 0 Å². The molecule has 2 aliphatic carbocycles. The lowest BCUT2D eigenvalue weighted by Gasteiger charge is -2.33. The van der Waals surface area contributed by atoms with Crippen molar-refractivity contribution in [3.05, 3.63) is 259 Å². The van der Waals surface area contributed by atoms with Crippen LogP contribution in [0.25, 0.3) is 77.6 Å². The number of hydrogen-bond donors (Lipinski definition) is 0. The number of nitrogens with zero attached hydrogens (tertiary/aromatic N) is 1. The highest BCUT2D eigenvalue weighted by atomic mass is 16.3. The SMILES string of the molecule is c1ccc(-c2ccccc2-c2c(-c3ccccc3)cccc2N(c2cccc3c2-c2ccccc2C32c3ccccc3-c3ccccc32)c2cccc3oc4ccccc4c23)cc1. The van der Waals surface area contributed by atoms with Crippen molar-refractivity contribution in [3.63, 3.8) is 0 Å². The third kappa shape index (κ3) is 5.07. The van der Waals surface area contributed by atoms with Crippen molar-refractivity contribution in [1.82, 2.24) is 0 Å². The molecule has 0 bridgehead atoms. The number of para-hydroxylation sites is 1. The maximum Gasteiger partial charge on any atom is 0.137 e. The van der Waals surface area contributed by atoms with Crippen LogP contribution in [0.3, 0.4) is 0 Å². The molecule has 1 spiro atoms. The first-order valence-corrected chi connectivity index (χ1v) is 21.8. The molecule has 11 aromatic rings. The molecule has 0 aliphatic heterocycles. The minimum Gasteiger partial charge on any atom is -0.456 e. The Kier molecular flexibility index (Phi) is 7.85. The van der Waals surface area contributed by atoms with Crippen molar-refractivity contribution in [1.29, 1.82) is 0 Å². The number of furan rings is 1. The summed E-state index contributed by atoms with van der Waals surface area (Å²) in [6.45, 7) is 0. The highest BCUT2D eigenvalue weighted by Gasteiger charge is 2.52. The largest absolute Gasteiger partial charge is 0.456 e. The Hall–Kier alpha value is -8.20. The van der Waals surface area contributed by atoms with Crippen molar-refractivity contribution < 1.29 is 4.42 Å². The fraction of sp³-hybridized carbons (Fsp3) is 0.0164. The van der Waals surface area contributed by atoms with E-state index in [-0.39, 0.29) is 0 Å². The monoisotopic (exact) mass is 801 g/mol. The fourth-order valence-electron chi connectivity index (χ4n) is 11.1. The molecule has 0 fully saturated rings. The predicted molar refractivity (Wildman–Crippen MR) is 261 cm³/mol. The van der Waals surface area contributed by atoms with E-state index in [0.29, 0.717) is 0 Å². The molecule has 0 saturated carbocycles. The van der Waals surface area contributed by atoms with Gasteiger partial charge in [-0.05, 0) is 97.1 Å². The molecule has 0 atom stereocenters. The van der Waals surface area contributed by atoms with Crippen LogP contribution in [0.4, 0.5) is 17.1 Å². The van der Waals surface area contributed by atoms with Gasteiger partial charge in [-0.1, -0.05) is 206 Å². The lowest BCUT2D eigenvalue weighted by atomic mass is 9.70. The number of hydrogen-bond acceptors (Lipinski definition) is 2. The molecule has 0 amide bonds. The molecule has 63 heavy (non-hydrogen) atoms. The molecule has 13 rings (SSSR count). The second kappa shape index (κ2) is 13.9. The average molecular weight is 802 g/mol. The summed E-state index contributed by atoms with van der Waals surface area (Å²) in [5.41, 5.74) is 21.8. The van der Waals surface area contributed by atoms with Crippen LogP contribution in [0.5, 0.6) is 0 Å². The van der Waals surface area contributed by atoms with Gasteiger partial charge in [-0.15, -0.1) is 0 Å². The van der Waals surface area contributed by atoms with Gasteiger partial charge in [-0.2, -0.15) is 0 Å². The Morgan fingerprint density at radius 2 is 0.730 bits per heavy atom. The summed E-state index contributed by atoms with van der Waals surface area (Å²) < 4.78 is 6.68. The number of fused-ring (bicyclic) bond motifs is 13. The molecule has 2 heteroatoms. The second-order valence-electron chi connectivity index (χ2n) is 16.6. The lowest BCUT2D eigenvalue weighted by Crippen LogP contribution is -2.26. The molecule has 294 valence electrons. The van der Waals surface area contributed by atoms with E-state index in [1.54, 1.807) is 0 Å². The Morgan fingerprint density at radius 3 is 1.43 bits per heavy atom. The van der Waals surface area contributed by atoms with Gasteiger partial charge in [0.2, 0.25) is 0 Å². The third-order valence-electron chi connectivity index (χ3n) is 13.5. The van der Waals surface area contributed by atoms with Crippen LogP contribution >= 0.6 is 0 Å². The number of rotatable bonds is 6. The zero-order chi connectivity index (χ0) is 41.5. The van der Waals surface area contributed by atoms with Gasteiger partial charge in [0.15, 0.2) is 0 Å². The Morgan fingerprint density at radius 1 is 0.286 bits per heavy atom.